The van der Waals surface area contributed by atoms with Gasteiger partial charge in [0, 0.05) is 14.1 Å². The van der Waals surface area contributed by atoms with E-state index in [0.717, 1.165) is 25.9 Å². The number of hydrogen-bond donors (Lipinski definition) is 1. The van der Waals surface area contributed by atoms with E-state index in [2.05, 4.69) is 5.32 Å². The van der Waals surface area contributed by atoms with Crippen LogP contribution in [0.4, 0.5) is 4.79 Å². The lowest BCUT2D eigenvalue weighted by Gasteiger charge is -2.21. The third-order valence-corrected chi connectivity index (χ3v) is 2.74. The molecule has 4 heteroatoms. The van der Waals surface area contributed by atoms with Gasteiger partial charge < -0.3 is 15.0 Å². The molecule has 0 spiro atoms. The molecule has 0 atom stereocenters. The van der Waals surface area contributed by atoms with E-state index in [1.807, 2.05) is 0 Å². The summed E-state index contributed by atoms with van der Waals surface area (Å²) in [6.07, 6.45) is 4.46. The molecule has 1 amide bonds. The van der Waals surface area contributed by atoms with Crippen molar-refractivity contribution in [2.75, 3.05) is 33.8 Å². The van der Waals surface area contributed by atoms with E-state index in [9.17, 15) is 4.79 Å². The molecule has 0 radical (unpaired) electrons. The third-order valence-electron chi connectivity index (χ3n) is 2.74. The molecule has 88 valence electrons. The molecular formula is C11H22N2O2. The van der Waals surface area contributed by atoms with E-state index in [4.69, 9.17) is 4.74 Å². The van der Waals surface area contributed by atoms with Crippen molar-refractivity contribution in [3.05, 3.63) is 0 Å². The summed E-state index contributed by atoms with van der Waals surface area (Å²) in [6, 6.07) is 0. The Labute approximate surface area is 92.0 Å². The van der Waals surface area contributed by atoms with Crippen LogP contribution in [0.25, 0.3) is 0 Å². The van der Waals surface area contributed by atoms with Crippen LogP contribution in [0.3, 0.4) is 0 Å². The van der Waals surface area contributed by atoms with E-state index in [1.165, 1.54) is 17.7 Å². The number of nitrogens with zero attached hydrogens (tertiary/aromatic N) is 1. The van der Waals surface area contributed by atoms with Crippen LogP contribution in [-0.4, -0.2) is 44.8 Å². The maximum atomic E-state index is 11.2. The largest absolute Gasteiger partial charge is 0.449 e. The summed E-state index contributed by atoms with van der Waals surface area (Å²) in [5.41, 5.74) is 0. The summed E-state index contributed by atoms with van der Waals surface area (Å²) in [6.45, 7) is 2.77. The zero-order chi connectivity index (χ0) is 11.1. The smallest absolute Gasteiger partial charge is 0.409 e. The fourth-order valence-electron chi connectivity index (χ4n) is 1.79. The minimum absolute atomic E-state index is 0.227. The SMILES string of the molecule is CN(C)C(=O)OCC1CCCNCCC1. The summed E-state index contributed by atoms with van der Waals surface area (Å²) in [5.74, 6) is 0.552. The monoisotopic (exact) mass is 214 g/mol. The third kappa shape index (κ3) is 5.02. The van der Waals surface area contributed by atoms with Crippen molar-refractivity contribution in [3.63, 3.8) is 0 Å². The van der Waals surface area contributed by atoms with Gasteiger partial charge in [0.25, 0.3) is 0 Å². The first kappa shape index (κ1) is 12.3. The molecule has 0 aliphatic carbocycles. The number of carbonyl (C=O) groups is 1. The van der Waals surface area contributed by atoms with Crippen molar-refractivity contribution in [2.45, 2.75) is 25.7 Å². The second kappa shape index (κ2) is 6.67. The molecule has 0 bridgehead atoms. The Balaban J connectivity index is 2.20. The predicted octanol–water partition coefficient (Wildman–Crippen LogP) is 1.46. The van der Waals surface area contributed by atoms with Gasteiger partial charge in [0.15, 0.2) is 0 Å². The lowest BCUT2D eigenvalue weighted by molar-refractivity contribution is 0.0960. The van der Waals surface area contributed by atoms with Crippen LogP contribution in [-0.2, 0) is 4.74 Å². The molecule has 4 nitrogen and oxygen atoms in total. The summed E-state index contributed by atoms with van der Waals surface area (Å²) in [5, 5.41) is 3.37. The Bertz CT molecular complexity index is 187. The molecule has 0 unspecified atom stereocenters. The molecule has 15 heavy (non-hydrogen) atoms. The van der Waals surface area contributed by atoms with Gasteiger partial charge in [0.05, 0.1) is 6.61 Å². The first-order valence-corrected chi connectivity index (χ1v) is 5.75. The van der Waals surface area contributed by atoms with Gasteiger partial charge in [-0.1, -0.05) is 0 Å². The molecule has 1 aliphatic heterocycles. The highest BCUT2D eigenvalue weighted by Gasteiger charge is 2.14. The number of ether oxygens (including phenoxy) is 1. The summed E-state index contributed by atoms with van der Waals surface area (Å²) < 4.78 is 5.21. The van der Waals surface area contributed by atoms with Crippen LogP contribution in [0.5, 0.6) is 0 Å². The lowest BCUT2D eigenvalue weighted by Crippen LogP contribution is -2.27. The molecule has 0 saturated carbocycles. The van der Waals surface area contributed by atoms with Crippen LogP contribution < -0.4 is 5.32 Å². The molecule has 0 aromatic carbocycles. The van der Waals surface area contributed by atoms with Crippen LogP contribution in [0.15, 0.2) is 0 Å². The number of amides is 1. The zero-order valence-electron chi connectivity index (χ0n) is 9.79. The highest BCUT2D eigenvalue weighted by Crippen LogP contribution is 2.15. The Morgan fingerprint density at radius 1 is 1.33 bits per heavy atom. The van der Waals surface area contributed by atoms with Crippen LogP contribution >= 0.6 is 0 Å². The number of nitrogens with one attached hydrogen (secondary N) is 1. The van der Waals surface area contributed by atoms with Gasteiger partial charge in [0.1, 0.15) is 0 Å². The number of carbonyl (C=O) groups excluding carboxylic acids is 1. The van der Waals surface area contributed by atoms with Crippen molar-refractivity contribution in [2.24, 2.45) is 5.92 Å². The molecule has 0 aromatic rings. The van der Waals surface area contributed by atoms with Crippen molar-refractivity contribution in [3.8, 4) is 0 Å². The minimum atomic E-state index is -0.227. The molecular weight excluding hydrogens is 192 g/mol. The Kier molecular flexibility index (Phi) is 5.47. The number of hydrogen-bond acceptors (Lipinski definition) is 3. The van der Waals surface area contributed by atoms with Gasteiger partial charge in [0.2, 0.25) is 0 Å². The molecule has 1 fully saturated rings. The Morgan fingerprint density at radius 2 is 1.93 bits per heavy atom. The summed E-state index contributed by atoms with van der Waals surface area (Å²) >= 11 is 0. The van der Waals surface area contributed by atoms with Gasteiger partial charge in [-0.15, -0.1) is 0 Å². The maximum Gasteiger partial charge on any atom is 0.409 e. The molecule has 0 aromatic heterocycles. The van der Waals surface area contributed by atoms with Gasteiger partial charge in [-0.25, -0.2) is 4.79 Å². The van der Waals surface area contributed by atoms with Crippen LogP contribution in [0, 0.1) is 5.92 Å². The Morgan fingerprint density at radius 3 is 2.47 bits per heavy atom. The second-order valence-electron chi connectivity index (χ2n) is 4.37. The molecule has 1 aliphatic rings. The first-order valence-electron chi connectivity index (χ1n) is 5.75. The van der Waals surface area contributed by atoms with Crippen molar-refractivity contribution >= 4 is 6.09 Å². The predicted molar refractivity (Wildman–Crippen MR) is 59.9 cm³/mol. The highest BCUT2D eigenvalue weighted by atomic mass is 16.6. The quantitative estimate of drug-likeness (QED) is 0.756. The van der Waals surface area contributed by atoms with Crippen molar-refractivity contribution in [1.29, 1.82) is 0 Å². The van der Waals surface area contributed by atoms with Crippen LogP contribution in [0.2, 0.25) is 0 Å². The van der Waals surface area contributed by atoms with E-state index in [-0.39, 0.29) is 6.09 Å². The average molecular weight is 214 g/mol. The topological polar surface area (TPSA) is 41.6 Å². The second-order valence-corrected chi connectivity index (χ2v) is 4.37. The minimum Gasteiger partial charge on any atom is -0.449 e. The molecule has 1 rings (SSSR count). The van der Waals surface area contributed by atoms with Gasteiger partial charge in [-0.05, 0) is 44.7 Å². The van der Waals surface area contributed by atoms with Gasteiger partial charge in [-0.3, -0.25) is 0 Å². The molecule has 1 saturated heterocycles. The summed E-state index contributed by atoms with van der Waals surface area (Å²) in [4.78, 5) is 12.7. The molecule has 1 N–H and O–H groups in total. The Hall–Kier alpha value is -0.770. The fraction of sp³-hybridized carbons (Fsp3) is 0.909. The zero-order valence-corrected chi connectivity index (χ0v) is 9.79. The van der Waals surface area contributed by atoms with E-state index in [1.54, 1.807) is 14.1 Å². The molecule has 1 heterocycles. The number of rotatable bonds is 2. The van der Waals surface area contributed by atoms with Gasteiger partial charge in [-0.2, -0.15) is 0 Å². The van der Waals surface area contributed by atoms with E-state index >= 15 is 0 Å². The van der Waals surface area contributed by atoms with Gasteiger partial charge >= 0.3 is 6.09 Å². The van der Waals surface area contributed by atoms with Crippen LogP contribution in [0.1, 0.15) is 25.7 Å². The van der Waals surface area contributed by atoms with Crippen molar-refractivity contribution < 1.29 is 9.53 Å². The standard InChI is InChI=1S/C11H22N2O2/c1-13(2)11(14)15-9-10-5-3-7-12-8-4-6-10/h10,12H,3-9H2,1-2H3. The van der Waals surface area contributed by atoms with E-state index < -0.39 is 0 Å². The summed E-state index contributed by atoms with van der Waals surface area (Å²) in [7, 11) is 3.43. The van der Waals surface area contributed by atoms with Crippen molar-refractivity contribution in [1.82, 2.24) is 10.2 Å². The highest BCUT2D eigenvalue weighted by molar-refractivity contribution is 5.66. The fourth-order valence-corrected chi connectivity index (χ4v) is 1.79. The normalized spacial score (nSPS) is 19.1. The maximum absolute atomic E-state index is 11.2. The van der Waals surface area contributed by atoms with E-state index in [0.29, 0.717) is 12.5 Å². The average Bonchev–Trinajstić information content (AvgIpc) is 2.15. The lowest BCUT2D eigenvalue weighted by atomic mass is 9.97. The first-order chi connectivity index (χ1) is 7.20.